The van der Waals surface area contributed by atoms with Crippen molar-refractivity contribution in [2.45, 2.75) is 25.3 Å². The molecule has 0 aliphatic heterocycles. The molecule has 0 fully saturated rings. The fourth-order valence-electron chi connectivity index (χ4n) is 3.26. The Bertz CT molecular complexity index is 997. The molecule has 4 N–H and O–H groups in total. The van der Waals surface area contributed by atoms with Gasteiger partial charge in [-0.25, -0.2) is 0 Å². The molecule has 0 unspecified atom stereocenters. The molecule has 0 aliphatic carbocycles. The summed E-state index contributed by atoms with van der Waals surface area (Å²) in [4.78, 5) is 24.4. The molecule has 6 nitrogen and oxygen atoms in total. The van der Waals surface area contributed by atoms with Gasteiger partial charge in [-0.15, -0.1) is 0 Å². The normalized spacial score (nSPS) is 11.4. The van der Waals surface area contributed by atoms with Crippen LogP contribution in [-0.2, 0) is 22.6 Å². The first-order valence-electron chi connectivity index (χ1n) is 10.1. The molecule has 3 rings (SSSR count). The third-order valence-corrected chi connectivity index (χ3v) is 4.85. The molecule has 0 aromatic heterocycles. The van der Waals surface area contributed by atoms with E-state index in [1.165, 1.54) is 0 Å². The molecule has 3 aromatic rings. The minimum Gasteiger partial charge on any atom is -0.426 e. The first-order chi connectivity index (χ1) is 15.0. The number of nitrogens with one attached hydrogen (secondary N) is 2. The molecular weight excluding hydrogens is 391 g/mol. The van der Waals surface area contributed by atoms with Crippen molar-refractivity contribution < 1.29 is 19.6 Å². The highest BCUT2D eigenvalue weighted by Gasteiger charge is 2.26. The van der Waals surface area contributed by atoms with Crippen molar-refractivity contribution in [1.29, 1.82) is 0 Å². The van der Waals surface area contributed by atoms with Crippen molar-refractivity contribution in [1.82, 2.24) is 10.6 Å². The average Bonchev–Trinajstić information content (AvgIpc) is 2.78. The van der Waals surface area contributed by atoms with Crippen LogP contribution in [0.1, 0.15) is 17.5 Å². The van der Waals surface area contributed by atoms with Gasteiger partial charge in [0.1, 0.15) is 6.42 Å². The number of carbonyl (C=O) groups is 2. The number of rotatable bonds is 9. The van der Waals surface area contributed by atoms with Crippen LogP contribution in [0.4, 0.5) is 0 Å². The zero-order valence-corrected chi connectivity index (χ0v) is 17.1. The molecule has 0 heterocycles. The minimum atomic E-state index is -1.73. The predicted octanol–water partition coefficient (Wildman–Crippen LogP) is 2.10. The van der Waals surface area contributed by atoms with E-state index in [1.807, 2.05) is 84.9 Å². The standard InChI is InChI=1S/C24H25BN2O4/c28-23(16-24(29)27-22(25(30)31)15-18-8-3-1-4-9-18)26-17-19-10-7-13-21(14-19)20-11-5-2-6-12-20/h1-14,22,30-31H,15-17H2,(H,26,28)(H,27,29)/t22-/m0/s1. The van der Waals surface area contributed by atoms with E-state index in [0.29, 0.717) is 6.54 Å². The van der Waals surface area contributed by atoms with Gasteiger partial charge in [-0.3, -0.25) is 9.59 Å². The van der Waals surface area contributed by atoms with Gasteiger partial charge < -0.3 is 20.7 Å². The highest BCUT2D eigenvalue weighted by Crippen LogP contribution is 2.19. The molecule has 0 radical (unpaired) electrons. The molecule has 2 amide bonds. The van der Waals surface area contributed by atoms with E-state index in [2.05, 4.69) is 10.6 Å². The van der Waals surface area contributed by atoms with Crippen molar-refractivity contribution in [3.63, 3.8) is 0 Å². The van der Waals surface area contributed by atoms with Gasteiger partial charge in [0.05, 0.1) is 5.94 Å². The third kappa shape index (κ3) is 7.10. The van der Waals surface area contributed by atoms with Crippen LogP contribution in [0.15, 0.2) is 84.9 Å². The maximum atomic E-state index is 12.2. The van der Waals surface area contributed by atoms with Crippen LogP contribution in [0.25, 0.3) is 11.1 Å². The smallest absolute Gasteiger partial charge is 0.426 e. The Morgan fingerprint density at radius 1 is 0.774 bits per heavy atom. The number of hydrogen-bond acceptors (Lipinski definition) is 4. The van der Waals surface area contributed by atoms with E-state index in [-0.39, 0.29) is 6.42 Å². The summed E-state index contributed by atoms with van der Waals surface area (Å²) in [5.74, 6) is -1.90. The van der Waals surface area contributed by atoms with Crippen LogP contribution in [0.2, 0.25) is 0 Å². The number of carbonyl (C=O) groups excluding carboxylic acids is 2. The summed E-state index contributed by atoms with van der Waals surface area (Å²) in [7, 11) is -1.73. The van der Waals surface area contributed by atoms with Crippen LogP contribution < -0.4 is 10.6 Å². The van der Waals surface area contributed by atoms with Crippen LogP contribution in [0, 0.1) is 0 Å². The molecule has 158 valence electrons. The van der Waals surface area contributed by atoms with Crippen molar-refractivity contribution >= 4 is 18.9 Å². The van der Waals surface area contributed by atoms with Gasteiger partial charge in [0, 0.05) is 6.54 Å². The zero-order valence-electron chi connectivity index (χ0n) is 17.1. The van der Waals surface area contributed by atoms with E-state index in [0.717, 1.165) is 22.3 Å². The Morgan fingerprint density at radius 2 is 1.39 bits per heavy atom. The van der Waals surface area contributed by atoms with Gasteiger partial charge in [0.15, 0.2) is 0 Å². The van der Waals surface area contributed by atoms with Crippen LogP contribution in [0.3, 0.4) is 0 Å². The molecular formula is C24H25BN2O4. The Kier molecular flexibility index (Phi) is 7.98. The van der Waals surface area contributed by atoms with Gasteiger partial charge >= 0.3 is 7.12 Å². The van der Waals surface area contributed by atoms with Gasteiger partial charge in [-0.1, -0.05) is 78.9 Å². The van der Waals surface area contributed by atoms with E-state index < -0.39 is 31.3 Å². The minimum absolute atomic E-state index is 0.248. The lowest BCUT2D eigenvalue weighted by atomic mass is 9.76. The van der Waals surface area contributed by atoms with Crippen molar-refractivity contribution in [3.8, 4) is 11.1 Å². The van der Waals surface area contributed by atoms with Gasteiger partial charge in [0.2, 0.25) is 11.8 Å². The number of benzene rings is 3. The van der Waals surface area contributed by atoms with E-state index in [4.69, 9.17) is 0 Å². The second-order valence-corrected chi connectivity index (χ2v) is 7.30. The summed E-state index contributed by atoms with van der Waals surface area (Å²) in [5.41, 5.74) is 3.90. The monoisotopic (exact) mass is 416 g/mol. The lowest BCUT2D eigenvalue weighted by Gasteiger charge is -2.18. The maximum Gasteiger partial charge on any atom is 0.475 e. The number of amides is 2. The fourth-order valence-corrected chi connectivity index (χ4v) is 3.26. The summed E-state index contributed by atoms with van der Waals surface area (Å²) in [6, 6.07) is 26.9. The highest BCUT2D eigenvalue weighted by atomic mass is 16.4. The second kappa shape index (κ2) is 11.1. The van der Waals surface area contributed by atoms with Crippen LogP contribution >= 0.6 is 0 Å². The molecule has 1 atom stereocenters. The predicted molar refractivity (Wildman–Crippen MR) is 121 cm³/mol. The summed E-state index contributed by atoms with van der Waals surface area (Å²) < 4.78 is 0. The van der Waals surface area contributed by atoms with E-state index in [1.54, 1.807) is 0 Å². The van der Waals surface area contributed by atoms with Crippen molar-refractivity contribution in [2.75, 3.05) is 0 Å². The molecule has 0 saturated carbocycles. The Labute approximate surface area is 182 Å². The summed E-state index contributed by atoms with van der Waals surface area (Å²) in [5, 5.41) is 24.4. The topological polar surface area (TPSA) is 98.7 Å². The van der Waals surface area contributed by atoms with Gasteiger partial charge in [0.25, 0.3) is 0 Å². The summed E-state index contributed by atoms with van der Waals surface area (Å²) in [6.45, 7) is 0.294. The quantitative estimate of drug-likeness (QED) is 0.317. The highest BCUT2D eigenvalue weighted by molar-refractivity contribution is 6.43. The molecule has 0 spiro atoms. The van der Waals surface area contributed by atoms with Crippen LogP contribution in [0.5, 0.6) is 0 Å². The first kappa shape index (κ1) is 22.3. The van der Waals surface area contributed by atoms with Crippen molar-refractivity contribution in [2.24, 2.45) is 0 Å². The molecule has 0 saturated heterocycles. The van der Waals surface area contributed by atoms with Gasteiger partial charge in [-0.05, 0) is 34.7 Å². The van der Waals surface area contributed by atoms with E-state index in [9.17, 15) is 19.6 Å². The van der Waals surface area contributed by atoms with Gasteiger partial charge in [-0.2, -0.15) is 0 Å². The SMILES string of the molecule is O=C(CC(=O)N[C@@H](Cc1ccccc1)B(O)O)NCc1cccc(-c2ccccc2)c1. The Hall–Kier alpha value is -3.42. The summed E-state index contributed by atoms with van der Waals surface area (Å²) in [6.07, 6.45) is -0.144. The molecule has 7 heteroatoms. The van der Waals surface area contributed by atoms with Crippen LogP contribution in [-0.4, -0.2) is 34.9 Å². The molecule has 31 heavy (non-hydrogen) atoms. The Balaban J connectivity index is 1.50. The maximum absolute atomic E-state index is 12.2. The Morgan fingerprint density at radius 3 is 2.06 bits per heavy atom. The third-order valence-electron chi connectivity index (χ3n) is 4.85. The lowest BCUT2D eigenvalue weighted by Crippen LogP contribution is -2.48. The molecule has 0 aliphatic rings. The summed E-state index contributed by atoms with van der Waals surface area (Å²) >= 11 is 0. The lowest BCUT2D eigenvalue weighted by molar-refractivity contribution is -0.129. The molecule has 3 aromatic carbocycles. The largest absolute Gasteiger partial charge is 0.475 e. The first-order valence-corrected chi connectivity index (χ1v) is 10.1. The fraction of sp³-hybridized carbons (Fsp3) is 0.167. The van der Waals surface area contributed by atoms with Crippen molar-refractivity contribution in [3.05, 3.63) is 96.1 Å². The zero-order chi connectivity index (χ0) is 22.1. The average molecular weight is 416 g/mol. The number of hydrogen-bond donors (Lipinski definition) is 4. The second-order valence-electron chi connectivity index (χ2n) is 7.30. The molecule has 0 bridgehead atoms. The van der Waals surface area contributed by atoms with E-state index >= 15 is 0 Å².